The van der Waals surface area contributed by atoms with Gasteiger partial charge in [-0.15, -0.1) is 23.5 Å². The van der Waals surface area contributed by atoms with E-state index in [9.17, 15) is 43.8 Å². The van der Waals surface area contributed by atoms with Gasteiger partial charge in [-0.05, 0) is 12.1 Å². The fraction of sp³-hybridized carbons (Fsp3) is 0.444. The molecule has 2 aromatic heterocycles. The summed E-state index contributed by atoms with van der Waals surface area (Å²) in [6, 6.07) is 0.256. The molecule has 15 nitrogen and oxygen atoms in total. The van der Waals surface area contributed by atoms with Crippen LogP contribution in [0, 0.1) is 0 Å². The number of aliphatic carboxylic acids is 2. The van der Waals surface area contributed by atoms with Crippen molar-refractivity contribution in [2.75, 3.05) is 11.5 Å². The molecule has 2 heterocycles. The van der Waals surface area contributed by atoms with Crippen molar-refractivity contribution in [2.45, 2.75) is 63.1 Å². The third-order valence-electron chi connectivity index (χ3n) is 5.81. The molecule has 0 saturated heterocycles. The van der Waals surface area contributed by atoms with Gasteiger partial charge in [-0.2, -0.15) is 0 Å². The van der Waals surface area contributed by atoms with Crippen molar-refractivity contribution in [3.05, 3.63) is 47.6 Å². The first kappa shape index (κ1) is 35.9. The number of carbonyl (C=O) groups excluding carboxylic acids is 5. The van der Waals surface area contributed by atoms with Crippen LogP contribution in [0.3, 0.4) is 0 Å². The zero-order valence-electron chi connectivity index (χ0n) is 24.3. The predicted molar refractivity (Wildman–Crippen MR) is 159 cm³/mol. The highest BCUT2D eigenvalue weighted by Gasteiger charge is 2.29. The number of carboxylic acids is 2. The standard InChI is InChI=1S/C27H32N6O9S2/c1-13(34)18-5-6-28-25(33-18)24(44-11-22(27(41)42)32-16(4)37)8-17(38)7-23(20-9-19(14(2)35)29-12-30-20)43-10-21(26(39)40)31-15(3)36/h5-6,9,12,21-24H,7-8,10-11H2,1-4H3,(H,31,36)(H,32,37)(H,39,40)(H,41,42)/t21-,22-,23?,24?/m0/s1. The first-order chi connectivity index (χ1) is 20.7. The van der Waals surface area contributed by atoms with Crippen molar-refractivity contribution in [1.29, 1.82) is 0 Å². The summed E-state index contributed by atoms with van der Waals surface area (Å²) in [6.45, 7) is 4.96. The highest BCUT2D eigenvalue weighted by atomic mass is 32.2. The first-order valence-electron chi connectivity index (χ1n) is 13.1. The molecule has 0 aliphatic carbocycles. The number of amides is 2. The van der Waals surface area contributed by atoms with Gasteiger partial charge >= 0.3 is 11.9 Å². The molecular formula is C27H32N6O9S2. The molecule has 44 heavy (non-hydrogen) atoms. The summed E-state index contributed by atoms with van der Waals surface area (Å²) in [5, 5.41) is 22.1. The number of thioether (sulfide) groups is 2. The lowest BCUT2D eigenvalue weighted by Crippen LogP contribution is -2.41. The van der Waals surface area contributed by atoms with E-state index in [0.29, 0.717) is 0 Å². The van der Waals surface area contributed by atoms with Crippen molar-refractivity contribution < 1.29 is 43.8 Å². The maximum Gasteiger partial charge on any atom is 0.327 e. The van der Waals surface area contributed by atoms with E-state index in [0.717, 1.165) is 29.9 Å². The van der Waals surface area contributed by atoms with E-state index in [1.165, 1.54) is 46.0 Å². The van der Waals surface area contributed by atoms with Gasteiger partial charge in [-0.25, -0.2) is 29.5 Å². The largest absolute Gasteiger partial charge is 0.480 e. The Morgan fingerprint density at radius 3 is 1.77 bits per heavy atom. The lowest BCUT2D eigenvalue weighted by Gasteiger charge is -2.21. The third kappa shape index (κ3) is 11.8. The molecule has 0 saturated carbocycles. The van der Waals surface area contributed by atoms with Crippen molar-refractivity contribution in [3.63, 3.8) is 0 Å². The maximum atomic E-state index is 13.5. The van der Waals surface area contributed by atoms with E-state index in [4.69, 9.17) is 0 Å². The lowest BCUT2D eigenvalue weighted by molar-refractivity contribution is -0.141. The number of carbonyl (C=O) groups is 7. The van der Waals surface area contributed by atoms with E-state index in [-0.39, 0.29) is 64.6 Å². The summed E-state index contributed by atoms with van der Waals surface area (Å²) >= 11 is 2.04. The Labute approximate surface area is 260 Å². The van der Waals surface area contributed by atoms with Crippen LogP contribution in [0.2, 0.25) is 0 Å². The molecule has 2 amide bonds. The van der Waals surface area contributed by atoms with Crippen LogP contribution in [-0.4, -0.2) is 94.8 Å². The topological polar surface area (TPSA) is 236 Å². The lowest BCUT2D eigenvalue weighted by atomic mass is 10.1. The van der Waals surface area contributed by atoms with Gasteiger partial charge in [-0.3, -0.25) is 24.0 Å². The first-order valence-corrected chi connectivity index (χ1v) is 15.2. The molecule has 4 atom stereocenters. The number of carboxylic acid groups (broad SMARTS) is 2. The van der Waals surface area contributed by atoms with Crippen LogP contribution in [0.15, 0.2) is 24.7 Å². The van der Waals surface area contributed by atoms with Crippen molar-refractivity contribution in [3.8, 4) is 0 Å². The Morgan fingerprint density at radius 2 is 1.27 bits per heavy atom. The summed E-state index contributed by atoms with van der Waals surface area (Å²) in [5.74, 6) is -4.94. The highest BCUT2D eigenvalue weighted by Crippen LogP contribution is 2.36. The van der Waals surface area contributed by atoms with Crippen LogP contribution in [-0.2, 0) is 24.0 Å². The molecular weight excluding hydrogens is 616 g/mol. The van der Waals surface area contributed by atoms with Gasteiger partial charge in [0.1, 0.15) is 41.4 Å². The SMILES string of the molecule is CC(=O)N[C@@H](CSC(CC(=O)CC(SC[C@H](NC(C)=O)C(=O)O)c1nccc(C(C)=O)n1)c1cc(C(C)=O)ncn1)C(=O)O. The van der Waals surface area contributed by atoms with Crippen molar-refractivity contribution >= 4 is 64.6 Å². The Balaban J connectivity index is 2.38. The molecule has 0 spiro atoms. The normalized spacial score (nSPS) is 13.5. The zero-order chi connectivity index (χ0) is 33.0. The van der Waals surface area contributed by atoms with Crippen molar-refractivity contribution in [2.24, 2.45) is 0 Å². The van der Waals surface area contributed by atoms with E-state index >= 15 is 0 Å². The predicted octanol–water partition coefficient (Wildman–Crippen LogP) is 1.45. The van der Waals surface area contributed by atoms with Gasteiger partial charge in [-0.1, -0.05) is 0 Å². The summed E-state index contributed by atoms with van der Waals surface area (Å²) in [5.41, 5.74) is 0.463. The molecule has 2 rings (SSSR count). The second-order valence-electron chi connectivity index (χ2n) is 9.51. The van der Waals surface area contributed by atoms with Gasteiger partial charge in [0.15, 0.2) is 11.6 Å². The number of ketones is 3. The Hall–Kier alpha value is -4.25. The number of aromatic nitrogens is 4. The van der Waals surface area contributed by atoms with Crippen molar-refractivity contribution in [1.82, 2.24) is 30.6 Å². The van der Waals surface area contributed by atoms with E-state index in [2.05, 4.69) is 30.6 Å². The van der Waals surface area contributed by atoms with Crippen LogP contribution >= 0.6 is 23.5 Å². The fourth-order valence-corrected chi connectivity index (χ4v) is 6.17. The second-order valence-corrected chi connectivity index (χ2v) is 12.0. The van der Waals surface area contributed by atoms with E-state index in [1.54, 1.807) is 0 Å². The van der Waals surface area contributed by atoms with E-state index < -0.39 is 46.3 Å². The van der Waals surface area contributed by atoms with Gasteiger partial charge in [0.25, 0.3) is 0 Å². The molecule has 0 aliphatic rings. The Bertz CT molecular complexity index is 1320. The van der Waals surface area contributed by atoms with E-state index in [1.807, 2.05) is 0 Å². The summed E-state index contributed by atoms with van der Waals surface area (Å²) in [6.07, 6.45) is 2.06. The number of hydrogen-bond acceptors (Lipinski definition) is 13. The molecule has 0 radical (unpaired) electrons. The van der Waals surface area contributed by atoms with Gasteiger partial charge in [0.2, 0.25) is 11.8 Å². The van der Waals surface area contributed by atoms with Crippen LogP contribution in [0.1, 0.15) is 83.5 Å². The second kappa shape index (κ2) is 17.1. The number of nitrogens with zero attached hydrogens (tertiary/aromatic N) is 4. The number of hydrogen-bond donors (Lipinski definition) is 4. The van der Waals surface area contributed by atoms with Crippen LogP contribution in [0.25, 0.3) is 0 Å². The minimum absolute atomic E-state index is 0.0882. The molecule has 0 aromatic carbocycles. The average molecular weight is 649 g/mol. The molecule has 2 unspecified atom stereocenters. The zero-order valence-corrected chi connectivity index (χ0v) is 25.9. The molecule has 0 bridgehead atoms. The smallest absolute Gasteiger partial charge is 0.327 e. The maximum absolute atomic E-state index is 13.5. The molecule has 0 fully saturated rings. The number of Topliss-reactive ketones (excluding diaryl/α,β-unsaturated/α-hetero) is 3. The molecule has 0 aliphatic heterocycles. The third-order valence-corrected chi connectivity index (χ3v) is 8.45. The highest BCUT2D eigenvalue weighted by molar-refractivity contribution is 7.99. The number of nitrogens with one attached hydrogen (secondary N) is 2. The Kier molecular flexibility index (Phi) is 14.0. The Morgan fingerprint density at radius 1 is 0.750 bits per heavy atom. The van der Waals surface area contributed by atoms with Gasteiger partial charge in [0.05, 0.1) is 16.2 Å². The van der Waals surface area contributed by atoms with Crippen LogP contribution in [0.5, 0.6) is 0 Å². The molecule has 17 heteroatoms. The average Bonchev–Trinajstić information content (AvgIpc) is 2.95. The van der Waals surface area contributed by atoms with Crippen LogP contribution < -0.4 is 10.6 Å². The molecule has 4 N–H and O–H groups in total. The molecule has 2 aromatic rings. The summed E-state index contributed by atoms with van der Waals surface area (Å²) < 4.78 is 0. The number of rotatable bonds is 18. The minimum atomic E-state index is -1.29. The van der Waals surface area contributed by atoms with Gasteiger partial charge in [0, 0.05) is 58.2 Å². The van der Waals surface area contributed by atoms with Crippen LogP contribution in [0.4, 0.5) is 0 Å². The fourth-order valence-electron chi connectivity index (χ4n) is 3.70. The van der Waals surface area contributed by atoms with Gasteiger partial charge < -0.3 is 20.8 Å². The summed E-state index contributed by atoms with van der Waals surface area (Å²) in [7, 11) is 0. The quantitative estimate of drug-likeness (QED) is 0.167. The minimum Gasteiger partial charge on any atom is -0.480 e. The summed E-state index contributed by atoms with van der Waals surface area (Å²) in [4.78, 5) is 100. The monoisotopic (exact) mass is 648 g/mol. The molecule has 236 valence electrons.